The Morgan fingerprint density at radius 2 is 2.28 bits per heavy atom. The van der Waals surface area contributed by atoms with Crippen LogP contribution >= 0.6 is 0 Å². The van der Waals surface area contributed by atoms with Gasteiger partial charge in [-0.1, -0.05) is 0 Å². The predicted octanol–water partition coefficient (Wildman–Crippen LogP) is 0.816. The molecule has 2 rings (SSSR count). The van der Waals surface area contributed by atoms with Gasteiger partial charge < -0.3 is 14.4 Å². The van der Waals surface area contributed by atoms with Gasteiger partial charge in [0.05, 0.1) is 12.0 Å². The van der Waals surface area contributed by atoms with Crippen molar-refractivity contribution in [2.24, 2.45) is 7.05 Å². The van der Waals surface area contributed by atoms with E-state index in [0.29, 0.717) is 0 Å². The summed E-state index contributed by atoms with van der Waals surface area (Å²) in [5.41, 5.74) is -0.490. The topological polar surface area (TPSA) is 81.4 Å². The molecule has 0 unspecified atom stereocenters. The first kappa shape index (κ1) is 12.1. The van der Waals surface area contributed by atoms with E-state index in [9.17, 15) is 14.7 Å². The quantitative estimate of drug-likeness (QED) is 0.795. The molecule has 0 radical (unpaired) electrons. The summed E-state index contributed by atoms with van der Waals surface area (Å²) in [6.45, 7) is 1.80. The van der Waals surface area contributed by atoms with E-state index in [4.69, 9.17) is 4.74 Å². The summed E-state index contributed by atoms with van der Waals surface area (Å²) >= 11 is 0. The van der Waals surface area contributed by atoms with Gasteiger partial charge in [-0.2, -0.15) is 0 Å². The molecule has 0 spiro atoms. The summed E-state index contributed by atoms with van der Waals surface area (Å²) in [6, 6.07) is 3.13. The summed E-state index contributed by atoms with van der Waals surface area (Å²) in [4.78, 5) is 27.6. The SMILES string of the molecule is CCOC(=O)c1c(O)c2ncccc2c(=O)n1C. The zero-order valence-electron chi connectivity index (χ0n) is 10.0. The summed E-state index contributed by atoms with van der Waals surface area (Å²) in [7, 11) is 1.40. The number of carbonyl (C=O) groups excluding carboxylic acids is 1. The molecule has 2 heterocycles. The molecule has 0 fully saturated rings. The lowest BCUT2D eigenvalue weighted by molar-refractivity contribution is 0.0510. The predicted molar refractivity (Wildman–Crippen MR) is 64.6 cm³/mol. The normalized spacial score (nSPS) is 10.6. The van der Waals surface area contributed by atoms with Crippen molar-refractivity contribution in [3.8, 4) is 5.75 Å². The molecule has 0 aliphatic carbocycles. The molecule has 1 N–H and O–H groups in total. The fraction of sp³-hybridized carbons (Fsp3) is 0.250. The summed E-state index contributed by atoms with van der Waals surface area (Å²) in [5, 5.41) is 10.3. The van der Waals surface area contributed by atoms with Crippen LogP contribution in [-0.4, -0.2) is 27.2 Å². The van der Waals surface area contributed by atoms with Crippen molar-refractivity contribution in [1.82, 2.24) is 9.55 Å². The second-order valence-corrected chi connectivity index (χ2v) is 3.68. The van der Waals surface area contributed by atoms with Gasteiger partial charge in [-0.3, -0.25) is 9.78 Å². The Morgan fingerprint density at radius 1 is 1.56 bits per heavy atom. The maximum atomic E-state index is 12.0. The van der Waals surface area contributed by atoms with Crippen LogP contribution < -0.4 is 5.56 Å². The highest BCUT2D eigenvalue weighted by atomic mass is 16.5. The molecule has 2 aromatic heterocycles. The third kappa shape index (κ3) is 1.71. The van der Waals surface area contributed by atoms with Crippen molar-refractivity contribution >= 4 is 16.9 Å². The number of fused-ring (bicyclic) bond motifs is 1. The number of esters is 1. The first-order valence-electron chi connectivity index (χ1n) is 5.41. The van der Waals surface area contributed by atoms with E-state index in [0.717, 1.165) is 4.57 Å². The lowest BCUT2D eigenvalue weighted by Crippen LogP contribution is -2.25. The van der Waals surface area contributed by atoms with Crippen LogP contribution in [0.4, 0.5) is 0 Å². The van der Waals surface area contributed by atoms with E-state index in [1.165, 1.54) is 13.2 Å². The maximum absolute atomic E-state index is 12.0. The van der Waals surface area contributed by atoms with Gasteiger partial charge in [-0.15, -0.1) is 0 Å². The standard InChI is InChI=1S/C12H12N2O4/c1-3-18-12(17)9-10(15)8-7(5-4-6-13-8)11(16)14(9)2/h4-6,15H,3H2,1-2H3. The fourth-order valence-corrected chi connectivity index (χ4v) is 1.75. The van der Waals surface area contributed by atoms with Crippen LogP contribution in [-0.2, 0) is 11.8 Å². The number of rotatable bonds is 2. The van der Waals surface area contributed by atoms with Crippen LogP contribution in [0, 0.1) is 0 Å². The van der Waals surface area contributed by atoms with Gasteiger partial charge in [0.15, 0.2) is 11.4 Å². The number of hydrogen-bond acceptors (Lipinski definition) is 5. The molecule has 0 bridgehead atoms. The first-order valence-corrected chi connectivity index (χ1v) is 5.41. The minimum absolute atomic E-state index is 0.101. The Balaban J connectivity index is 2.83. The van der Waals surface area contributed by atoms with Gasteiger partial charge in [0.2, 0.25) is 0 Å². The lowest BCUT2D eigenvalue weighted by Gasteiger charge is -2.11. The smallest absolute Gasteiger partial charge is 0.359 e. The van der Waals surface area contributed by atoms with Gasteiger partial charge >= 0.3 is 5.97 Å². The van der Waals surface area contributed by atoms with Gasteiger partial charge in [0, 0.05) is 13.2 Å². The van der Waals surface area contributed by atoms with Gasteiger partial charge in [-0.25, -0.2) is 4.79 Å². The second-order valence-electron chi connectivity index (χ2n) is 3.68. The van der Waals surface area contributed by atoms with Crippen LogP contribution in [0.15, 0.2) is 23.1 Å². The number of aromatic hydroxyl groups is 1. The average molecular weight is 248 g/mol. The molecule has 0 saturated heterocycles. The highest BCUT2D eigenvalue weighted by Crippen LogP contribution is 2.24. The minimum Gasteiger partial charge on any atom is -0.504 e. The van der Waals surface area contributed by atoms with Gasteiger partial charge in [0.1, 0.15) is 5.52 Å². The van der Waals surface area contributed by atoms with Gasteiger partial charge in [0.25, 0.3) is 5.56 Å². The molecule has 6 heteroatoms. The Labute approximate surface area is 102 Å². The van der Waals surface area contributed by atoms with E-state index < -0.39 is 11.5 Å². The largest absolute Gasteiger partial charge is 0.504 e. The highest BCUT2D eigenvalue weighted by Gasteiger charge is 2.21. The first-order chi connectivity index (χ1) is 8.57. The van der Waals surface area contributed by atoms with Crippen molar-refractivity contribution in [1.29, 1.82) is 0 Å². The zero-order chi connectivity index (χ0) is 13.3. The zero-order valence-corrected chi connectivity index (χ0v) is 10.0. The molecule has 2 aromatic rings. The summed E-state index contributed by atoms with van der Waals surface area (Å²) < 4.78 is 5.87. The molecule has 0 saturated carbocycles. The monoisotopic (exact) mass is 248 g/mol. The van der Waals surface area contributed by atoms with E-state index >= 15 is 0 Å². The van der Waals surface area contributed by atoms with E-state index in [-0.39, 0.29) is 29.0 Å². The molecule has 0 aromatic carbocycles. The maximum Gasteiger partial charge on any atom is 0.359 e. The molecule has 0 aliphatic rings. The molecule has 94 valence electrons. The average Bonchev–Trinajstić information content (AvgIpc) is 2.37. The molecule has 0 atom stereocenters. The highest BCUT2D eigenvalue weighted by molar-refractivity contribution is 5.97. The number of ether oxygens (including phenoxy) is 1. The Hall–Kier alpha value is -2.37. The van der Waals surface area contributed by atoms with Crippen molar-refractivity contribution in [2.45, 2.75) is 6.92 Å². The Morgan fingerprint density at radius 3 is 2.94 bits per heavy atom. The van der Waals surface area contributed by atoms with Crippen molar-refractivity contribution < 1.29 is 14.6 Å². The van der Waals surface area contributed by atoms with E-state index in [1.54, 1.807) is 19.1 Å². The van der Waals surface area contributed by atoms with Crippen LogP contribution in [0.3, 0.4) is 0 Å². The molecule has 0 amide bonds. The number of nitrogens with zero attached hydrogens (tertiary/aromatic N) is 2. The summed E-state index contributed by atoms with van der Waals surface area (Å²) in [5.74, 6) is -1.09. The molecular formula is C12H12N2O4. The molecule has 6 nitrogen and oxygen atoms in total. The molecule has 0 aliphatic heterocycles. The van der Waals surface area contributed by atoms with Gasteiger partial charge in [-0.05, 0) is 19.1 Å². The third-order valence-corrected chi connectivity index (χ3v) is 2.60. The number of aromatic nitrogens is 2. The number of hydrogen-bond donors (Lipinski definition) is 1. The Kier molecular flexibility index (Phi) is 3.01. The fourth-order valence-electron chi connectivity index (χ4n) is 1.75. The van der Waals surface area contributed by atoms with Crippen LogP contribution in [0.25, 0.3) is 10.9 Å². The second kappa shape index (κ2) is 4.48. The van der Waals surface area contributed by atoms with Crippen LogP contribution in [0.5, 0.6) is 5.75 Å². The van der Waals surface area contributed by atoms with E-state index in [2.05, 4.69) is 4.98 Å². The van der Waals surface area contributed by atoms with Crippen molar-refractivity contribution in [3.05, 3.63) is 34.4 Å². The number of carbonyl (C=O) groups is 1. The minimum atomic E-state index is -0.748. The Bertz CT molecular complexity index is 676. The summed E-state index contributed by atoms with van der Waals surface area (Å²) in [6.07, 6.45) is 1.44. The van der Waals surface area contributed by atoms with Crippen LogP contribution in [0.2, 0.25) is 0 Å². The molecule has 18 heavy (non-hydrogen) atoms. The third-order valence-electron chi connectivity index (χ3n) is 2.60. The molecular weight excluding hydrogens is 236 g/mol. The van der Waals surface area contributed by atoms with Crippen molar-refractivity contribution in [2.75, 3.05) is 6.61 Å². The lowest BCUT2D eigenvalue weighted by atomic mass is 10.2. The van der Waals surface area contributed by atoms with E-state index in [1.807, 2.05) is 0 Å². The number of pyridine rings is 2. The van der Waals surface area contributed by atoms with Crippen molar-refractivity contribution in [3.63, 3.8) is 0 Å². The van der Waals surface area contributed by atoms with Crippen LogP contribution in [0.1, 0.15) is 17.4 Å².